The maximum atomic E-state index is 13.2. The zero-order valence-corrected chi connectivity index (χ0v) is 19.3. The van der Waals surface area contributed by atoms with Crippen molar-refractivity contribution in [3.05, 3.63) is 69.6 Å². The molecule has 1 aromatic heterocycles. The van der Waals surface area contributed by atoms with E-state index in [-0.39, 0.29) is 18.4 Å². The summed E-state index contributed by atoms with van der Waals surface area (Å²) in [6.45, 7) is 2.30. The second-order valence-corrected chi connectivity index (χ2v) is 9.11. The van der Waals surface area contributed by atoms with E-state index in [9.17, 15) is 14.7 Å². The minimum absolute atomic E-state index is 0.147. The number of hydrogen-bond donors (Lipinski definition) is 2. The van der Waals surface area contributed by atoms with Crippen LogP contribution in [-0.2, 0) is 6.42 Å². The number of benzene rings is 2. The molecule has 0 bridgehead atoms. The Morgan fingerprint density at radius 1 is 1.25 bits per heavy atom. The van der Waals surface area contributed by atoms with Gasteiger partial charge in [-0.2, -0.15) is 0 Å². The molecule has 1 aliphatic heterocycles. The van der Waals surface area contributed by atoms with Gasteiger partial charge in [0.1, 0.15) is 5.75 Å². The number of para-hydroxylation sites is 1. The molecule has 6 nitrogen and oxygen atoms in total. The number of nitrogens with one attached hydrogen (secondary N) is 1. The number of amides is 2. The van der Waals surface area contributed by atoms with Crippen molar-refractivity contribution in [3.8, 4) is 16.2 Å². The lowest BCUT2D eigenvalue weighted by molar-refractivity contribution is 0.0923. The predicted molar refractivity (Wildman–Crippen MR) is 127 cm³/mol. The first-order valence-electron chi connectivity index (χ1n) is 10.2. The summed E-state index contributed by atoms with van der Waals surface area (Å²) in [5.74, 6) is 0.318. The van der Waals surface area contributed by atoms with Crippen LogP contribution in [0.2, 0.25) is 5.02 Å². The molecule has 1 aliphatic rings. The Morgan fingerprint density at radius 3 is 2.78 bits per heavy atom. The Labute approximate surface area is 195 Å². The monoisotopic (exact) mass is 470 g/mol. The Hall–Kier alpha value is -2.87. The van der Waals surface area contributed by atoms with Gasteiger partial charge >= 0.3 is 0 Å². The van der Waals surface area contributed by atoms with Gasteiger partial charge in [-0.25, -0.2) is 0 Å². The number of thiophene rings is 1. The Kier molecular flexibility index (Phi) is 6.50. The average molecular weight is 471 g/mol. The number of aliphatic hydroxyl groups is 1. The van der Waals surface area contributed by atoms with E-state index in [2.05, 4.69) is 5.32 Å². The summed E-state index contributed by atoms with van der Waals surface area (Å²) in [4.78, 5) is 28.6. The number of nitrogens with zero attached hydrogens (tertiary/aromatic N) is 1. The summed E-state index contributed by atoms with van der Waals surface area (Å²) >= 11 is 7.86. The van der Waals surface area contributed by atoms with E-state index in [0.717, 1.165) is 28.2 Å². The number of rotatable bonds is 5. The molecule has 0 saturated heterocycles. The van der Waals surface area contributed by atoms with Gasteiger partial charge in [-0.3, -0.25) is 9.59 Å². The van der Waals surface area contributed by atoms with Crippen molar-refractivity contribution < 1.29 is 19.4 Å². The Bertz CT molecular complexity index is 1170. The zero-order chi connectivity index (χ0) is 22.8. The fourth-order valence-corrected chi connectivity index (χ4v) is 5.06. The molecule has 2 aromatic carbocycles. The molecular weight excluding hydrogens is 448 g/mol. The molecule has 2 N–H and O–H groups in total. The van der Waals surface area contributed by atoms with E-state index in [1.54, 1.807) is 26.1 Å². The largest absolute Gasteiger partial charge is 0.493 e. The molecule has 0 aliphatic carbocycles. The number of fused-ring (bicyclic) bond motifs is 3. The van der Waals surface area contributed by atoms with Crippen molar-refractivity contribution in [2.45, 2.75) is 19.4 Å². The van der Waals surface area contributed by atoms with Gasteiger partial charge in [0.2, 0.25) is 0 Å². The average Bonchev–Trinajstić information content (AvgIpc) is 3.12. The first-order chi connectivity index (χ1) is 15.3. The van der Waals surface area contributed by atoms with Crippen LogP contribution in [0.25, 0.3) is 10.4 Å². The van der Waals surface area contributed by atoms with E-state index >= 15 is 0 Å². The molecule has 8 heteroatoms. The first kappa shape index (κ1) is 22.3. The molecule has 2 heterocycles. The minimum Gasteiger partial charge on any atom is -0.493 e. The lowest BCUT2D eigenvalue weighted by atomic mass is 10.1. The van der Waals surface area contributed by atoms with Crippen molar-refractivity contribution in [2.75, 3.05) is 25.1 Å². The van der Waals surface area contributed by atoms with Crippen LogP contribution >= 0.6 is 22.9 Å². The molecule has 0 fully saturated rings. The molecule has 32 heavy (non-hydrogen) atoms. The van der Waals surface area contributed by atoms with E-state index in [1.807, 2.05) is 30.3 Å². The quantitative estimate of drug-likeness (QED) is 0.579. The maximum Gasteiger partial charge on any atom is 0.268 e. The molecule has 1 unspecified atom stereocenters. The summed E-state index contributed by atoms with van der Waals surface area (Å²) in [5.41, 5.74) is 2.96. The highest BCUT2D eigenvalue weighted by molar-refractivity contribution is 7.17. The highest BCUT2D eigenvalue weighted by atomic mass is 35.5. The molecular formula is C24H23ClN2O4S. The molecule has 2 amide bonds. The summed E-state index contributed by atoms with van der Waals surface area (Å²) in [5, 5.41) is 12.2. The summed E-state index contributed by atoms with van der Waals surface area (Å²) in [6.07, 6.45) is 0.0889. The lowest BCUT2D eigenvalue weighted by Gasteiger charge is -2.18. The predicted octanol–water partition coefficient (Wildman–Crippen LogP) is 4.39. The second-order valence-electron chi connectivity index (χ2n) is 7.65. The fraction of sp³-hybridized carbons (Fsp3) is 0.250. The number of aliphatic hydroxyl groups excluding tert-OH is 1. The van der Waals surface area contributed by atoms with Crippen LogP contribution in [0, 0.1) is 0 Å². The highest BCUT2D eigenvalue weighted by Crippen LogP contribution is 2.41. The first-order valence-corrected chi connectivity index (χ1v) is 11.4. The number of carbonyl (C=O) groups excluding carboxylic acids is 2. The van der Waals surface area contributed by atoms with Gasteiger partial charge in [-0.05, 0) is 48.9 Å². The normalized spacial score (nSPS) is 13.2. The second kappa shape index (κ2) is 9.32. The standard InChI is InChI=1S/C24H23ClN2O4S/c1-14(28)13-26-23(29)16-7-8-19(18(25)11-16)27(2)24(30)21-12-15-9-10-31-20-6-4-3-5-17(20)22(15)32-21/h3-8,11-12,14,28H,9-10,13H2,1-2H3,(H,26,29). The van der Waals surface area contributed by atoms with Gasteiger partial charge in [0.25, 0.3) is 11.8 Å². The van der Waals surface area contributed by atoms with Crippen LogP contribution in [0.15, 0.2) is 48.5 Å². The summed E-state index contributed by atoms with van der Waals surface area (Å²) in [6, 6.07) is 14.6. The molecule has 0 spiro atoms. The van der Waals surface area contributed by atoms with Gasteiger partial charge in [0.05, 0.1) is 28.3 Å². The number of anilines is 1. The van der Waals surface area contributed by atoms with E-state index in [4.69, 9.17) is 16.3 Å². The number of hydrogen-bond acceptors (Lipinski definition) is 5. The van der Waals surface area contributed by atoms with Gasteiger partial charge in [0.15, 0.2) is 0 Å². The SMILES string of the molecule is CC(O)CNC(=O)c1ccc(N(C)C(=O)c2cc3c(s2)-c2ccccc2OCC3)c(Cl)c1. The van der Waals surface area contributed by atoms with Crippen LogP contribution in [0.1, 0.15) is 32.5 Å². The fourth-order valence-electron chi connectivity index (χ4n) is 3.54. The maximum absolute atomic E-state index is 13.2. The van der Waals surface area contributed by atoms with Crippen molar-refractivity contribution in [3.63, 3.8) is 0 Å². The highest BCUT2D eigenvalue weighted by Gasteiger charge is 2.24. The van der Waals surface area contributed by atoms with Crippen molar-refractivity contribution >= 4 is 40.4 Å². The summed E-state index contributed by atoms with van der Waals surface area (Å²) in [7, 11) is 1.67. The van der Waals surface area contributed by atoms with Crippen molar-refractivity contribution in [1.29, 1.82) is 0 Å². The van der Waals surface area contributed by atoms with E-state index in [0.29, 0.717) is 27.8 Å². The van der Waals surface area contributed by atoms with Crippen LogP contribution in [0.4, 0.5) is 5.69 Å². The third-order valence-corrected chi connectivity index (χ3v) is 6.72. The number of ether oxygens (including phenoxy) is 1. The van der Waals surface area contributed by atoms with Crippen LogP contribution in [-0.4, -0.2) is 43.2 Å². The van der Waals surface area contributed by atoms with Crippen LogP contribution in [0.5, 0.6) is 5.75 Å². The smallest absolute Gasteiger partial charge is 0.268 e. The number of carbonyl (C=O) groups is 2. The molecule has 4 rings (SSSR count). The molecule has 1 atom stereocenters. The molecule has 166 valence electrons. The lowest BCUT2D eigenvalue weighted by Crippen LogP contribution is -2.30. The van der Waals surface area contributed by atoms with Gasteiger partial charge < -0.3 is 20.1 Å². The number of halogens is 1. The van der Waals surface area contributed by atoms with E-state index < -0.39 is 6.10 Å². The van der Waals surface area contributed by atoms with Crippen LogP contribution < -0.4 is 15.0 Å². The zero-order valence-electron chi connectivity index (χ0n) is 17.7. The van der Waals surface area contributed by atoms with Gasteiger partial charge in [-0.15, -0.1) is 11.3 Å². The third-order valence-electron chi connectivity index (χ3n) is 5.21. The third kappa shape index (κ3) is 4.50. The Morgan fingerprint density at radius 2 is 2.03 bits per heavy atom. The Balaban J connectivity index is 1.57. The van der Waals surface area contributed by atoms with Crippen molar-refractivity contribution in [1.82, 2.24) is 5.32 Å². The molecule has 0 radical (unpaired) electrons. The van der Waals surface area contributed by atoms with E-state index in [1.165, 1.54) is 22.3 Å². The molecule has 3 aromatic rings. The topological polar surface area (TPSA) is 78.9 Å². The minimum atomic E-state index is -0.642. The summed E-state index contributed by atoms with van der Waals surface area (Å²) < 4.78 is 5.83. The van der Waals surface area contributed by atoms with Gasteiger partial charge in [0, 0.05) is 36.0 Å². The molecule has 0 saturated carbocycles. The van der Waals surface area contributed by atoms with Gasteiger partial charge in [-0.1, -0.05) is 23.7 Å². The van der Waals surface area contributed by atoms with Crippen LogP contribution in [0.3, 0.4) is 0 Å². The van der Waals surface area contributed by atoms with Crippen molar-refractivity contribution in [2.24, 2.45) is 0 Å².